The van der Waals surface area contributed by atoms with E-state index < -0.39 is 6.04 Å². The number of para-hydroxylation sites is 1. The Kier molecular flexibility index (Phi) is 3.96. The fourth-order valence-corrected chi connectivity index (χ4v) is 3.78. The predicted octanol–water partition coefficient (Wildman–Crippen LogP) is 2.46. The van der Waals surface area contributed by atoms with Crippen LogP contribution in [-0.4, -0.2) is 37.9 Å². The molecule has 0 saturated carbocycles. The molecule has 8 heteroatoms. The van der Waals surface area contributed by atoms with Crippen LogP contribution in [-0.2, 0) is 16.1 Å². The zero-order valence-corrected chi connectivity index (χ0v) is 14.5. The molecule has 2 N–H and O–H groups in total. The molecule has 1 saturated heterocycles. The number of likely N-dealkylation sites (tertiary alicyclic amines) is 1. The minimum Gasteiger partial charge on any atom is -0.361 e. The lowest BCUT2D eigenvalue weighted by atomic mass is 10.1. The number of nitrogens with zero attached hydrogens (tertiary/aromatic N) is 3. The van der Waals surface area contributed by atoms with Gasteiger partial charge in [-0.1, -0.05) is 29.5 Å². The number of amides is 2. The van der Waals surface area contributed by atoms with Gasteiger partial charge >= 0.3 is 0 Å². The molecule has 1 fully saturated rings. The third-order valence-electron chi connectivity index (χ3n) is 4.40. The van der Waals surface area contributed by atoms with Crippen LogP contribution < -0.4 is 5.32 Å². The van der Waals surface area contributed by atoms with Crippen molar-refractivity contribution in [2.75, 3.05) is 5.32 Å². The van der Waals surface area contributed by atoms with Crippen LogP contribution in [0.2, 0.25) is 0 Å². The summed E-state index contributed by atoms with van der Waals surface area (Å²) in [5.41, 5.74) is 2.03. The molecule has 128 valence electrons. The van der Waals surface area contributed by atoms with Crippen LogP contribution in [0.1, 0.15) is 23.4 Å². The van der Waals surface area contributed by atoms with E-state index in [1.54, 1.807) is 4.90 Å². The first-order chi connectivity index (χ1) is 12.1. The smallest absolute Gasteiger partial charge is 0.249 e. The summed E-state index contributed by atoms with van der Waals surface area (Å²) in [5.74, 6) is -0.208. The van der Waals surface area contributed by atoms with Gasteiger partial charge in [0.25, 0.3) is 0 Å². The molecule has 0 radical (unpaired) electrons. The first-order valence-corrected chi connectivity index (χ1v) is 8.89. The number of aromatic amines is 1. The van der Waals surface area contributed by atoms with Gasteiger partial charge in [0.15, 0.2) is 0 Å². The Morgan fingerprint density at radius 1 is 1.40 bits per heavy atom. The molecule has 1 atom stereocenters. The first-order valence-electron chi connectivity index (χ1n) is 8.07. The number of hydrogen-bond acceptors (Lipinski definition) is 5. The number of fused-ring (bicyclic) bond motifs is 1. The maximum Gasteiger partial charge on any atom is 0.249 e. The van der Waals surface area contributed by atoms with Gasteiger partial charge in [0.1, 0.15) is 11.0 Å². The van der Waals surface area contributed by atoms with Crippen LogP contribution in [0.3, 0.4) is 0 Å². The fraction of sp³-hybridized carbons (Fsp3) is 0.294. The molecule has 4 rings (SSSR count). The van der Waals surface area contributed by atoms with Crippen LogP contribution in [0, 0.1) is 6.92 Å². The summed E-state index contributed by atoms with van der Waals surface area (Å²) in [6.45, 7) is 2.24. The Morgan fingerprint density at radius 3 is 3.04 bits per heavy atom. The van der Waals surface area contributed by atoms with Crippen molar-refractivity contribution in [2.45, 2.75) is 32.4 Å². The monoisotopic (exact) mass is 355 g/mol. The second-order valence-electron chi connectivity index (χ2n) is 6.05. The van der Waals surface area contributed by atoms with E-state index in [1.807, 2.05) is 37.4 Å². The van der Waals surface area contributed by atoms with E-state index in [9.17, 15) is 9.59 Å². The summed E-state index contributed by atoms with van der Waals surface area (Å²) < 4.78 is 0. The zero-order chi connectivity index (χ0) is 17.4. The fourth-order valence-electron chi connectivity index (χ4n) is 3.19. The van der Waals surface area contributed by atoms with Crippen molar-refractivity contribution in [3.63, 3.8) is 0 Å². The average molecular weight is 355 g/mol. The summed E-state index contributed by atoms with van der Waals surface area (Å²) in [6.07, 6.45) is 2.81. The van der Waals surface area contributed by atoms with Crippen molar-refractivity contribution >= 4 is 39.2 Å². The number of H-pyrrole nitrogens is 1. The van der Waals surface area contributed by atoms with Gasteiger partial charge < -0.3 is 9.88 Å². The molecule has 1 aliphatic rings. The molecule has 2 aromatic heterocycles. The number of anilines is 1. The van der Waals surface area contributed by atoms with Crippen molar-refractivity contribution in [1.29, 1.82) is 0 Å². The zero-order valence-electron chi connectivity index (χ0n) is 13.7. The molecule has 3 aromatic rings. The molecular formula is C17H17N5O2S. The quantitative estimate of drug-likeness (QED) is 0.752. The molecule has 1 aliphatic heterocycles. The van der Waals surface area contributed by atoms with E-state index in [2.05, 4.69) is 20.5 Å². The molecule has 25 heavy (non-hydrogen) atoms. The van der Waals surface area contributed by atoms with Crippen molar-refractivity contribution in [2.24, 2.45) is 0 Å². The van der Waals surface area contributed by atoms with Gasteiger partial charge in [-0.3, -0.25) is 14.9 Å². The number of carbonyl (C=O) groups is 2. The van der Waals surface area contributed by atoms with Crippen LogP contribution in [0.25, 0.3) is 10.9 Å². The normalized spacial score (nSPS) is 17.4. The number of aromatic nitrogens is 3. The van der Waals surface area contributed by atoms with Crippen molar-refractivity contribution < 1.29 is 9.59 Å². The van der Waals surface area contributed by atoms with Gasteiger partial charge in [0.05, 0.1) is 0 Å². The Labute approximate surface area is 148 Å². The SMILES string of the molecule is Cc1nnc(NC(=O)C2CCC(=O)N2Cc2c[nH]c3ccccc23)s1. The van der Waals surface area contributed by atoms with Crippen LogP contribution in [0.15, 0.2) is 30.5 Å². The highest BCUT2D eigenvalue weighted by molar-refractivity contribution is 7.15. The van der Waals surface area contributed by atoms with E-state index in [0.29, 0.717) is 24.5 Å². The summed E-state index contributed by atoms with van der Waals surface area (Å²) in [6, 6.07) is 7.45. The standard InChI is InChI=1S/C17H17N5O2S/c1-10-20-21-17(25-10)19-16(24)14-6-7-15(23)22(14)9-11-8-18-13-5-3-2-4-12(11)13/h2-5,8,14,18H,6-7,9H2,1H3,(H,19,21,24). The second-order valence-corrected chi connectivity index (χ2v) is 7.23. The Hall–Kier alpha value is -2.74. The molecular weight excluding hydrogens is 338 g/mol. The lowest BCUT2D eigenvalue weighted by molar-refractivity contribution is -0.133. The lowest BCUT2D eigenvalue weighted by Crippen LogP contribution is -2.41. The number of carbonyl (C=O) groups excluding carboxylic acids is 2. The van der Waals surface area contributed by atoms with E-state index >= 15 is 0 Å². The third-order valence-corrected chi connectivity index (χ3v) is 5.16. The number of benzene rings is 1. The second kappa shape index (κ2) is 6.29. The van der Waals surface area contributed by atoms with Gasteiger partial charge in [-0.25, -0.2) is 0 Å². The van der Waals surface area contributed by atoms with Gasteiger partial charge in [-0.05, 0) is 25.0 Å². The van der Waals surface area contributed by atoms with Crippen molar-refractivity contribution in [3.8, 4) is 0 Å². The van der Waals surface area contributed by atoms with E-state index in [-0.39, 0.29) is 11.8 Å². The van der Waals surface area contributed by atoms with Gasteiger partial charge in [0.2, 0.25) is 16.9 Å². The Morgan fingerprint density at radius 2 is 2.24 bits per heavy atom. The van der Waals surface area contributed by atoms with E-state index in [4.69, 9.17) is 0 Å². The van der Waals surface area contributed by atoms with E-state index in [1.165, 1.54) is 11.3 Å². The lowest BCUT2D eigenvalue weighted by Gasteiger charge is -2.23. The first kappa shape index (κ1) is 15.8. The molecule has 0 spiro atoms. The van der Waals surface area contributed by atoms with E-state index in [0.717, 1.165) is 21.5 Å². The van der Waals surface area contributed by atoms with Crippen LogP contribution in [0.5, 0.6) is 0 Å². The predicted molar refractivity (Wildman–Crippen MR) is 95.1 cm³/mol. The van der Waals surface area contributed by atoms with Crippen LogP contribution >= 0.6 is 11.3 Å². The molecule has 3 heterocycles. The molecule has 1 unspecified atom stereocenters. The van der Waals surface area contributed by atoms with Crippen molar-refractivity contribution in [1.82, 2.24) is 20.1 Å². The summed E-state index contributed by atoms with van der Waals surface area (Å²) in [4.78, 5) is 29.8. The maximum absolute atomic E-state index is 12.6. The molecule has 7 nitrogen and oxygen atoms in total. The van der Waals surface area contributed by atoms with Gasteiger partial charge in [-0.2, -0.15) is 0 Å². The Bertz CT molecular complexity index is 947. The minimum absolute atomic E-state index is 0.00104. The molecule has 0 bridgehead atoms. The highest BCUT2D eigenvalue weighted by Crippen LogP contribution is 2.26. The number of rotatable bonds is 4. The van der Waals surface area contributed by atoms with Gasteiger partial charge in [-0.15, -0.1) is 10.2 Å². The van der Waals surface area contributed by atoms with Crippen molar-refractivity contribution in [3.05, 3.63) is 41.0 Å². The highest BCUT2D eigenvalue weighted by Gasteiger charge is 2.36. The third kappa shape index (κ3) is 3.00. The topological polar surface area (TPSA) is 91.0 Å². The number of nitrogens with one attached hydrogen (secondary N) is 2. The summed E-state index contributed by atoms with van der Waals surface area (Å²) >= 11 is 1.32. The molecule has 1 aromatic carbocycles. The Balaban J connectivity index is 1.54. The largest absolute Gasteiger partial charge is 0.361 e. The number of aryl methyl sites for hydroxylation is 1. The molecule has 2 amide bonds. The molecule has 0 aliphatic carbocycles. The minimum atomic E-state index is -0.481. The average Bonchev–Trinajstić information content (AvgIpc) is 3.29. The highest BCUT2D eigenvalue weighted by atomic mass is 32.1. The summed E-state index contributed by atoms with van der Waals surface area (Å²) in [5, 5.41) is 12.9. The van der Waals surface area contributed by atoms with Crippen LogP contribution in [0.4, 0.5) is 5.13 Å². The maximum atomic E-state index is 12.6. The van der Waals surface area contributed by atoms with Gasteiger partial charge in [0, 0.05) is 30.1 Å². The number of hydrogen-bond donors (Lipinski definition) is 2. The summed E-state index contributed by atoms with van der Waals surface area (Å²) in [7, 11) is 0.